The van der Waals surface area contributed by atoms with Gasteiger partial charge in [-0.15, -0.1) is 0 Å². The van der Waals surface area contributed by atoms with Crippen molar-refractivity contribution in [2.24, 2.45) is 0 Å². The molecule has 0 saturated carbocycles. The van der Waals surface area contributed by atoms with Gasteiger partial charge < -0.3 is 10.1 Å². The highest BCUT2D eigenvalue weighted by Crippen LogP contribution is 2.26. The Morgan fingerprint density at radius 2 is 1.87 bits per heavy atom. The van der Waals surface area contributed by atoms with Crippen molar-refractivity contribution >= 4 is 29.1 Å². The summed E-state index contributed by atoms with van der Waals surface area (Å²) in [6.07, 6.45) is -0.847. The fourth-order valence-electron chi connectivity index (χ4n) is 2.05. The van der Waals surface area contributed by atoms with E-state index in [9.17, 15) is 9.18 Å². The van der Waals surface area contributed by atoms with Gasteiger partial charge in [-0.1, -0.05) is 41.4 Å². The quantitative estimate of drug-likeness (QED) is 0.838. The van der Waals surface area contributed by atoms with Gasteiger partial charge in [0.05, 0.1) is 6.04 Å². The van der Waals surface area contributed by atoms with E-state index in [4.69, 9.17) is 27.9 Å². The van der Waals surface area contributed by atoms with E-state index in [0.29, 0.717) is 10.0 Å². The number of ether oxygens (including phenoxy) is 1. The second-order valence-electron chi connectivity index (χ2n) is 5.09. The predicted octanol–water partition coefficient (Wildman–Crippen LogP) is 4.78. The third-order valence-corrected chi connectivity index (χ3v) is 3.86. The van der Waals surface area contributed by atoms with Crippen molar-refractivity contribution in [1.29, 1.82) is 0 Å². The van der Waals surface area contributed by atoms with Crippen LogP contribution in [0, 0.1) is 5.82 Å². The minimum atomic E-state index is -0.847. The largest absolute Gasteiger partial charge is 0.478 e. The summed E-state index contributed by atoms with van der Waals surface area (Å²) < 4.78 is 18.9. The second-order valence-corrected chi connectivity index (χ2v) is 5.93. The first-order valence-electron chi connectivity index (χ1n) is 7.05. The van der Waals surface area contributed by atoms with Gasteiger partial charge in [0.25, 0.3) is 5.91 Å². The van der Waals surface area contributed by atoms with Crippen LogP contribution in [0.4, 0.5) is 4.39 Å². The van der Waals surface area contributed by atoms with Crippen molar-refractivity contribution in [1.82, 2.24) is 5.32 Å². The molecular formula is C17H16Cl2FNO2. The third-order valence-electron chi connectivity index (χ3n) is 3.30. The average Bonchev–Trinajstić information content (AvgIpc) is 2.49. The number of benzene rings is 2. The van der Waals surface area contributed by atoms with Gasteiger partial charge in [-0.2, -0.15) is 0 Å². The van der Waals surface area contributed by atoms with Crippen molar-refractivity contribution in [3.63, 3.8) is 0 Å². The first-order chi connectivity index (χ1) is 10.9. The van der Waals surface area contributed by atoms with Crippen LogP contribution in [0.15, 0.2) is 42.5 Å². The average molecular weight is 356 g/mol. The number of hydrogen-bond acceptors (Lipinski definition) is 2. The summed E-state index contributed by atoms with van der Waals surface area (Å²) in [4.78, 5) is 12.2. The minimum absolute atomic E-state index is 0.0346. The molecule has 2 rings (SSSR count). The topological polar surface area (TPSA) is 38.3 Å². The molecule has 0 bridgehead atoms. The molecular weight excluding hydrogens is 340 g/mol. The molecule has 0 aliphatic heterocycles. The zero-order valence-corrected chi connectivity index (χ0v) is 14.2. The summed E-state index contributed by atoms with van der Waals surface area (Å²) in [5.74, 6) is -0.847. The smallest absolute Gasteiger partial charge is 0.261 e. The van der Waals surface area contributed by atoms with Crippen molar-refractivity contribution in [3.8, 4) is 5.75 Å². The first-order valence-corrected chi connectivity index (χ1v) is 7.80. The zero-order chi connectivity index (χ0) is 17.0. The van der Waals surface area contributed by atoms with Crippen LogP contribution >= 0.6 is 23.2 Å². The van der Waals surface area contributed by atoms with Crippen molar-refractivity contribution in [2.75, 3.05) is 0 Å². The van der Waals surface area contributed by atoms with E-state index >= 15 is 0 Å². The fraction of sp³-hybridized carbons (Fsp3) is 0.235. The fourth-order valence-corrected chi connectivity index (χ4v) is 2.62. The molecule has 0 spiro atoms. The molecule has 3 nitrogen and oxygen atoms in total. The zero-order valence-electron chi connectivity index (χ0n) is 12.6. The molecule has 2 aromatic carbocycles. The summed E-state index contributed by atoms with van der Waals surface area (Å²) in [6, 6.07) is 10.7. The van der Waals surface area contributed by atoms with Crippen LogP contribution in [0.5, 0.6) is 5.75 Å². The summed E-state index contributed by atoms with van der Waals surface area (Å²) in [7, 11) is 0. The Hall–Kier alpha value is -1.78. The van der Waals surface area contributed by atoms with Gasteiger partial charge >= 0.3 is 0 Å². The van der Waals surface area contributed by atoms with Crippen LogP contribution in [0.2, 0.25) is 10.0 Å². The van der Waals surface area contributed by atoms with E-state index in [1.807, 2.05) is 0 Å². The van der Waals surface area contributed by atoms with E-state index < -0.39 is 11.9 Å². The number of para-hydroxylation sites is 1. The van der Waals surface area contributed by atoms with Crippen molar-refractivity contribution in [3.05, 3.63) is 63.9 Å². The molecule has 2 aromatic rings. The Morgan fingerprint density at radius 3 is 2.52 bits per heavy atom. The van der Waals surface area contributed by atoms with Gasteiger partial charge in [0, 0.05) is 10.0 Å². The molecule has 2 atom stereocenters. The monoisotopic (exact) mass is 355 g/mol. The highest BCUT2D eigenvalue weighted by molar-refractivity contribution is 6.35. The Morgan fingerprint density at radius 1 is 1.17 bits per heavy atom. The molecule has 1 amide bonds. The Bertz CT molecular complexity index is 709. The van der Waals surface area contributed by atoms with Gasteiger partial charge in [0.1, 0.15) is 0 Å². The van der Waals surface area contributed by atoms with Gasteiger partial charge in [-0.25, -0.2) is 4.39 Å². The Kier molecular flexibility index (Phi) is 5.85. The number of amides is 1. The minimum Gasteiger partial charge on any atom is -0.478 e. The van der Waals surface area contributed by atoms with Crippen LogP contribution in [0.25, 0.3) is 0 Å². The maximum absolute atomic E-state index is 13.5. The number of hydrogen-bond donors (Lipinski definition) is 1. The van der Waals surface area contributed by atoms with Gasteiger partial charge in [-0.3, -0.25) is 4.79 Å². The molecule has 23 heavy (non-hydrogen) atoms. The molecule has 0 aromatic heterocycles. The molecule has 0 unspecified atom stereocenters. The molecule has 1 N–H and O–H groups in total. The van der Waals surface area contributed by atoms with E-state index in [0.717, 1.165) is 5.56 Å². The van der Waals surface area contributed by atoms with Gasteiger partial charge in [0.15, 0.2) is 17.7 Å². The lowest BCUT2D eigenvalue weighted by molar-refractivity contribution is -0.128. The number of rotatable bonds is 5. The van der Waals surface area contributed by atoms with Crippen LogP contribution in [-0.4, -0.2) is 12.0 Å². The SMILES string of the molecule is C[C@@H](Oc1ccccc1F)C(=O)N[C@H](C)c1ccc(Cl)cc1Cl. The molecule has 122 valence electrons. The molecule has 0 fully saturated rings. The third kappa shape index (κ3) is 4.60. The number of halogens is 3. The van der Waals surface area contributed by atoms with Gasteiger partial charge in [0.2, 0.25) is 0 Å². The number of carbonyl (C=O) groups excluding carboxylic acids is 1. The lowest BCUT2D eigenvalue weighted by Crippen LogP contribution is -2.38. The Balaban J connectivity index is 2.01. The lowest BCUT2D eigenvalue weighted by Gasteiger charge is -2.20. The maximum atomic E-state index is 13.5. The van der Waals surface area contributed by atoms with Crippen LogP contribution < -0.4 is 10.1 Å². The highest BCUT2D eigenvalue weighted by Gasteiger charge is 2.20. The second kappa shape index (κ2) is 7.66. The standard InChI is InChI=1S/C17H16Cl2FNO2/c1-10(13-8-7-12(18)9-14(13)19)21-17(22)11(2)23-16-6-4-3-5-15(16)20/h3-11H,1-2H3,(H,21,22)/t10-,11-/m1/s1. The molecule has 0 aliphatic carbocycles. The molecule has 6 heteroatoms. The summed E-state index contributed by atoms with van der Waals surface area (Å²) >= 11 is 12.0. The van der Waals surface area contributed by atoms with Crippen LogP contribution in [0.3, 0.4) is 0 Å². The van der Waals surface area contributed by atoms with Crippen molar-refractivity contribution in [2.45, 2.75) is 26.0 Å². The van der Waals surface area contributed by atoms with E-state index in [1.54, 1.807) is 44.2 Å². The van der Waals surface area contributed by atoms with Crippen LogP contribution in [-0.2, 0) is 4.79 Å². The summed E-state index contributed by atoms with van der Waals surface area (Å²) in [6.45, 7) is 3.35. The normalized spacial score (nSPS) is 13.3. The number of carbonyl (C=O) groups is 1. The summed E-state index contributed by atoms with van der Waals surface area (Å²) in [5.41, 5.74) is 0.738. The van der Waals surface area contributed by atoms with E-state index in [2.05, 4.69) is 5.32 Å². The van der Waals surface area contributed by atoms with Crippen LogP contribution in [0.1, 0.15) is 25.5 Å². The maximum Gasteiger partial charge on any atom is 0.261 e. The highest BCUT2D eigenvalue weighted by atomic mass is 35.5. The van der Waals surface area contributed by atoms with E-state index in [-0.39, 0.29) is 17.7 Å². The van der Waals surface area contributed by atoms with E-state index in [1.165, 1.54) is 12.1 Å². The molecule has 0 saturated heterocycles. The molecule has 0 aliphatic rings. The Labute approximate surface area is 144 Å². The lowest BCUT2D eigenvalue weighted by atomic mass is 10.1. The predicted molar refractivity (Wildman–Crippen MR) is 89.5 cm³/mol. The first kappa shape index (κ1) is 17.6. The van der Waals surface area contributed by atoms with Crippen molar-refractivity contribution < 1.29 is 13.9 Å². The van der Waals surface area contributed by atoms with Gasteiger partial charge in [-0.05, 0) is 43.7 Å². The molecule has 0 radical (unpaired) electrons. The summed E-state index contributed by atoms with van der Waals surface area (Å²) in [5, 5.41) is 3.77. The molecule has 0 heterocycles. The number of nitrogens with one attached hydrogen (secondary N) is 1.